The lowest BCUT2D eigenvalue weighted by atomic mass is 10.3. The molecular weight excluding hydrogens is 428 g/mol. The van der Waals surface area contributed by atoms with E-state index in [4.69, 9.17) is 9.88 Å². The van der Waals surface area contributed by atoms with Gasteiger partial charge < -0.3 is 10.1 Å². The van der Waals surface area contributed by atoms with Crippen LogP contribution in [0.2, 0.25) is 0 Å². The third-order valence-corrected chi connectivity index (χ3v) is 5.69. The first-order chi connectivity index (χ1) is 14.2. The topological polar surface area (TPSA) is 141 Å². The number of nitrogens with zero attached hydrogens (tertiary/aromatic N) is 2. The number of carbonyl (C=O) groups excluding carboxylic acids is 2. The predicted octanol–water partition coefficient (Wildman–Crippen LogP) is 1.97. The minimum Gasteiger partial charge on any atom is -0.452 e. The second-order valence-electron chi connectivity index (χ2n) is 6.23. The molecule has 0 radical (unpaired) electrons. The van der Waals surface area contributed by atoms with Gasteiger partial charge in [-0.15, -0.1) is 11.3 Å². The van der Waals surface area contributed by atoms with Crippen molar-refractivity contribution in [2.45, 2.75) is 24.3 Å². The van der Waals surface area contributed by atoms with Crippen LogP contribution < -0.4 is 10.5 Å². The Morgan fingerprint density at radius 3 is 2.73 bits per heavy atom. The molecule has 0 saturated heterocycles. The van der Waals surface area contributed by atoms with Crippen LogP contribution >= 0.6 is 11.3 Å². The molecule has 3 N–H and O–H groups in total. The van der Waals surface area contributed by atoms with Gasteiger partial charge in [0.15, 0.2) is 6.10 Å². The van der Waals surface area contributed by atoms with Gasteiger partial charge in [0.1, 0.15) is 5.01 Å². The van der Waals surface area contributed by atoms with Crippen LogP contribution in [-0.2, 0) is 30.8 Å². The normalized spacial score (nSPS) is 12.2. The van der Waals surface area contributed by atoms with E-state index in [1.54, 1.807) is 17.6 Å². The lowest BCUT2D eigenvalue weighted by Gasteiger charge is -2.13. The number of esters is 1. The molecule has 0 bridgehead atoms. The molecule has 9 nitrogen and oxygen atoms in total. The smallest absolute Gasteiger partial charge is 0.312 e. The van der Waals surface area contributed by atoms with E-state index in [9.17, 15) is 18.0 Å². The van der Waals surface area contributed by atoms with Gasteiger partial charge in [-0.3, -0.25) is 14.6 Å². The highest BCUT2D eigenvalue weighted by Gasteiger charge is 2.20. The Hall–Kier alpha value is -3.15. The lowest BCUT2D eigenvalue weighted by Crippen LogP contribution is -2.30. The van der Waals surface area contributed by atoms with Crippen LogP contribution in [0.4, 0.5) is 5.69 Å². The first-order valence-electron chi connectivity index (χ1n) is 8.71. The van der Waals surface area contributed by atoms with Crippen LogP contribution in [0.1, 0.15) is 12.6 Å². The second kappa shape index (κ2) is 9.11. The Labute approximate surface area is 177 Å². The fraction of sp³-hybridized carbons (Fsp3) is 0.158. The lowest BCUT2D eigenvalue weighted by molar-refractivity contribution is -0.152. The van der Waals surface area contributed by atoms with Crippen molar-refractivity contribution in [1.29, 1.82) is 0 Å². The Kier molecular flexibility index (Phi) is 6.55. The Morgan fingerprint density at radius 2 is 2.03 bits per heavy atom. The molecule has 11 heteroatoms. The van der Waals surface area contributed by atoms with Gasteiger partial charge in [0.25, 0.3) is 5.91 Å². The number of ether oxygens (including phenoxy) is 1. The molecule has 3 rings (SSSR count). The summed E-state index contributed by atoms with van der Waals surface area (Å²) >= 11 is 1.35. The number of nitrogens with two attached hydrogens (primary N) is 1. The van der Waals surface area contributed by atoms with E-state index in [1.165, 1.54) is 42.5 Å². The summed E-state index contributed by atoms with van der Waals surface area (Å²) in [5.41, 5.74) is 1.43. The number of amides is 1. The van der Waals surface area contributed by atoms with Gasteiger partial charge in [-0.25, -0.2) is 18.5 Å². The van der Waals surface area contributed by atoms with E-state index in [-0.39, 0.29) is 17.0 Å². The van der Waals surface area contributed by atoms with Crippen molar-refractivity contribution < 1.29 is 22.7 Å². The Morgan fingerprint density at radius 1 is 1.23 bits per heavy atom. The average Bonchev–Trinajstić information content (AvgIpc) is 3.16. The first-order valence-corrected chi connectivity index (χ1v) is 11.1. The number of pyridine rings is 1. The molecule has 0 aliphatic carbocycles. The molecule has 1 amide bonds. The van der Waals surface area contributed by atoms with Crippen LogP contribution in [0.15, 0.2) is 58.9 Å². The van der Waals surface area contributed by atoms with Crippen LogP contribution in [0.5, 0.6) is 0 Å². The van der Waals surface area contributed by atoms with Gasteiger partial charge in [-0.1, -0.05) is 12.1 Å². The van der Waals surface area contributed by atoms with Gasteiger partial charge >= 0.3 is 5.97 Å². The maximum Gasteiger partial charge on any atom is 0.312 e. The van der Waals surface area contributed by atoms with Crippen molar-refractivity contribution in [2.24, 2.45) is 5.14 Å². The number of hydrogen-bond acceptors (Lipinski definition) is 8. The summed E-state index contributed by atoms with van der Waals surface area (Å²) in [7, 11) is -3.90. The molecule has 1 aromatic carbocycles. The molecule has 2 heterocycles. The third kappa shape index (κ3) is 5.69. The van der Waals surface area contributed by atoms with Crippen molar-refractivity contribution in [1.82, 2.24) is 9.97 Å². The molecule has 0 aliphatic rings. The Bertz CT molecular complexity index is 1160. The zero-order chi connectivity index (χ0) is 21.7. The number of thiazole rings is 1. The molecule has 0 saturated carbocycles. The van der Waals surface area contributed by atoms with E-state index < -0.39 is 28.0 Å². The highest BCUT2D eigenvalue weighted by Crippen LogP contribution is 2.22. The van der Waals surface area contributed by atoms with Crippen molar-refractivity contribution in [3.05, 3.63) is 59.7 Å². The molecule has 30 heavy (non-hydrogen) atoms. The molecule has 0 aliphatic heterocycles. The number of nitrogens with one attached hydrogen (secondary N) is 1. The number of benzene rings is 1. The number of rotatable bonds is 7. The summed E-state index contributed by atoms with van der Waals surface area (Å²) in [6, 6.07) is 10.9. The van der Waals surface area contributed by atoms with Crippen molar-refractivity contribution in [2.75, 3.05) is 5.32 Å². The maximum absolute atomic E-state index is 12.3. The van der Waals surface area contributed by atoms with E-state index in [1.807, 2.05) is 12.1 Å². The molecule has 156 valence electrons. The number of primary sulfonamides is 1. The number of aromatic nitrogens is 2. The quantitative estimate of drug-likeness (QED) is 0.528. The molecule has 0 spiro atoms. The van der Waals surface area contributed by atoms with Gasteiger partial charge in [0.05, 0.1) is 22.7 Å². The highest BCUT2D eigenvalue weighted by atomic mass is 32.2. The molecule has 0 fully saturated rings. The third-order valence-electron chi connectivity index (χ3n) is 3.87. The van der Waals surface area contributed by atoms with E-state index in [2.05, 4.69) is 15.3 Å². The average molecular weight is 447 g/mol. The van der Waals surface area contributed by atoms with E-state index in [0.717, 1.165) is 0 Å². The standard InChI is InChI=1S/C19H18N4O5S2/c1-12(18(25)22-13-5-4-6-15(9-13)30(20,26)27)28-17(24)10-14-11-29-19(23-14)16-7-2-3-8-21-16/h2-9,11-12H,10H2,1H3,(H,22,25)(H2,20,26,27). The number of sulfonamides is 1. The number of hydrogen-bond donors (Lipinski definition) is 2. The SMILES string of the molecule is CC(OC(=O)Cc1csc(-c2ccccn2)n1)C(=O)Nc1cccc(S(N)(=O)=O)c1. The minimum absolute atomic E-state index is 0.0954. The summed E-state index contributed by atoms with van der Waals surface area (Å²) in [5.74, 6) is -1.23. The highest BCUT2D eigenvalue weighted by molar-refractivity contribution is 7.89. The molecule has 1 atom stereocenters. The van der Waals surface area contributed by atoms with Gasteiger partial charge in [0.2, 0.25) is 10.0 Å². The summed E-state index contributed by atoms with van der Waals surface area (Å²) in [6.07, 6.45) is 0.468. The monoisotopic (exact) mass is 446 g/mol. The summed E-state index contributed by atoms with van der Waals surface area (Å²) < 4.78 is 28.0. The largest absolute Gasteiger partial charge is 0.452 e. The summed E-state index contributed by atoms with van der Waals surface area (Å²) in [4.78, 5) is 32.8. The van der Waals surface area contributed by atoms with Crippen molar-refractivity contribution in [3.63, 3.8) is 0 Å². The van der Waals surface area contributed by atoms with Gasteiger partial charge in [-0.05, 0) is 37.3 Å². The minimum atomic E-state index is -3.90. The first kappa shape index (κ1) is 21.6. The van der Waals surface area contributed by atoms with E-state index >= 15 is 0 Å². The van der Waals surface area contributed by atoms with E-state index in [0.29, 0.717) is 16.4 Å². The van der Waals surface area contributed by atoms with Crippen LogP contribution in [0.25, 0.3) is 10.7 Å². The molecule has 3 aromatic rings. The fourth-order valence-corrected chi connectivity index (χ4v) is 3.78. The summed E-state index contributed by atoms with van der Waals surface area (Å²) in [6.45, 7) is 1.41. The predicted molar refractivity (Wildman–Crippen MR) is 111 cm³/mol. The number of carbonyl (C=O) groups is 2. The van der Waals surface area contributed by atoms with Crippen LogP contribution in [0, 0.1) is 0 Å². The zero-order valence-corrected chi connectivity index (χ0v) is 17.4. The van der Waals surface area contributed by atoms with Gasteiger partial charge in [0, 0.05) is 17.3 Å². The van der Waals surface area contributed by atoms with Gasteiger partial charge in [-0.2, -0.15) is 0 Å². The van der Waals surface area contributed by atoms with Crippen LogP contribution in [-0.4, -0.2) is 36.4 Å². The second-order valence-corrected chi connectivity index (χ2v) is 8.65. The Balaban J connectivity index is 1.57. The number of anilines is 1. The fourth-order valence-electron chi connectivity index (χ4n) is 2.43. The van der Waals surface area contributed by atoms with Crippen molar-refractivity contribution in [3.8, 4) is 10.7 Å². The van der Waals surface area contributed by atoms with Crippen LogP contribution in [0.3, 0.4) is 0 Å². The molecular formula is C19H18N4O5S2. The summed E-state index contributed by atoms with van der Waals surface area (Å²) in [5, 5.41) is 9.98. The molecule has 2 aromatic heterocycles. The zero-order valence-electron chi connectivity index (χ0n) is 15.8. The maximum atomic E-state index is 12.3. The molecule has 1 unspecified atom stereocenters. The van der Waals surface area contributed by atoms with Crippen molar-refractivity contribution >= 4 is 38.9 Å².